The molecule has 0 spiro atoms. The zero-order valence-corrected chi connectivity index (χ0v) is 22.0. The van der Waals surface area contributed by atoms with Crippen molar-refractivity contribution < 1.29 is 4.79 Å². The molecule has 4 bridgehead atoms. The number of hydrogen-bond acceptors (Lipinski definition) is 5. The second-order valence-corrected chi connectivity index (χ2v) is 12.5. The Bertz CT molecular complexity index is 1200. The fourth-order valence-corrected chi connectivity index (χ4v) is 8.33. The highest BCUT2D eigenvalue weighted by Crippen LogP contribution is 2.61. The molecule has 3 N–H and O–H groups in total. The van der Waals surface area contributed by atoms with Gasteiger partial charge < -0.3 is 16.0 Å². The van der Waals surface area contributed by atoms with Gasteiger partial charge in [0.25, 0.3) is 0 Å². The summed E-state index contributed by atoms with van der Waals surface area (Å²) in [6.45, 7) is 6.01. The standard InChI is InChI=1S/C30H37N4OS/c1-20-8-11-36-27(20)19-31-9-3-10-32-28-7-6-24-25(33-28)4-2-5-26(24)34-29(35)18-30-15-21-12-22(16-30)14-23(13-21)17-30/h2,4-8,11,19,21-23,31H,3,9-10,12-18H2,1H3,(H,32,33)(H,34,35). The molecule has 1 amide bonds. The van der Waals surface area contributed by atoms with Crippen molar-refractivity contribution in [3.63, 3.8) is 0 Å². The number of amides is 1. The molecule has 2 aromatic heterocycles. The number of aromatic nitrogens is 1. The first-order valence-corrected chi connectivity index (χ1v) is 14.5. The van der Waals surface area contributed by atoms with Crippen molar-refractivity contribution in [1.82, 2.24) is 10.3 Å². The second kappa shape index (κ2) is 10.1. The number of benzene rings is 1. The molecule has 1 radical (unpaired) electrons. The minimum absolute atomic E-state index is 0.175. The van der Waals surface area contributed by atoms with Crippen molar-refractivity contribution in [3.05, 3.63) is 58.8 Å². The van der Waals surface area contributed by atoms with E-state index in [9.17, 15) is 4.79 Å². The molecule has 189 valence electrons. The average Bonchev–Trinajstić information content (AvgIpc) is 3.24. The van der Waals surface area contributed by atoms with Crippen LogP contribution in [0.15, 0.2) is 41.8 Å². The number of fused-ring (bicyclic) bond motifs is 1. The first kappa shape index (κ1) is 23.9. The quantitative estimate of drug-likeness (QED) is 0.269. The Morgan fingerprint density at radius 1 is 1.06 bits per heavy atom. The summed E-state index contributed by atoms with van der Waals surface area (Å²) in [6.07, 6.45) is 9.71. The number of thiophene rings is 1. The van der Waals surface area contributed by atoms with Gasteiger partial charge in [0.1, 0.15) is 5.82 Å². The molecule has 4 aliphatic rings. The highest BCUT2D eigenvalue weighted by atomic mass is 32.1. The Labute approximate surface area is 218 Å². The Morgan fingerprint density at radius 3 is 2.56 bits per heavy atom. The van der Waals surface area contributed by atoms with Gasteiger partial charge in [0, 0.05) is 23.2 Å². The number of nitrogens with one attached hydrogen (secondary N) is 3. The van der Waals surface area contributed by atoms with Gasteiger partial charge in [0.15, 0.2) is 0 Å². The molecule has 0 atom stereocenters. The number of hydrogen-bond donors (Lipinski definition) is 3. The molecule has 36 heavy (non-hydrogen) atoms. The van der Waals surface area contributed by atoms with Gasteiger partial charge in [-0.05, 0) is 123 Å². The molecule has 0 unspecified atom stereocenters. The predicted octanol–water partition coefficient (Wildman–Crippen LogP) is 6.75. The molecular formula is C30H37N4OS. The molecule has 5 nitrogen and oxygen atoms in total. The van der Waals surface area contributed by atoms with Crippen LogP contribution in [0.2, 0.25) is 0 Å². The van der Waals surface area contributed by atoms with Gasteiger partial charge in [-0.2, -0.15) is 0 Å². The van der Waals surface area contributed by atoms with E-state index in [1.807, 2.05) is 24.3 Å². The second-order valence-electron chi connectivity index (χ2n) is 11.6. The fourth-order valence-electron chi connectivity index (χ4n) is 7.51. The molecule has 2 heterocycles. The van der Waals surface area contributed by atoms with Gasteiger partial charge in [-0.25, -0.2) is 4.98 Å². The molecule has 4 fully saturated rings. The van der Waals surface area contributed by atoms with Crippen LogP contribution in [-0.2, 0) is 4.79 Å². The molecule has 4 saturated carbocycles. The summed E-state index contributed by atoms with van der Waals surface area (Å²) in [5.41, 5.74) is 3.36. The third-order valence-electron chi connectivity index (χ3n) is 8.65. The number of carbonyl (C=O) groups excluding carboxylic acids is 1. The summed E-state index contributed by atoms with van der Waals surface area (Å²) in [7, 11) is 0. The summed E-state index contributed by atoms with van der Waals surface area (Å²) in [5, 5.41) is 13.2. The van der Waals surface area contributed by atoms with Crippen molar-refractivity contribution in [2.75, 3.05) is 23.7 Å². The SMILES string of the molecule is Cc1ccsc1[CH]NCCCNc1ccc2c(NC(=O)CC34CC5CC(CC(C5)C3)C4)cccc2n1. The molecular weight excluding hydrogens is 464 g/mol. The molecule has 0 saturated heterocycles. The monoisotopic (exact) mass is 501 g/mol. The van der Waals surface area contributed by atoms with Crippen molar-refractivity contribution in [2.24, 2.45) is 23.2 Å². The van der Waals surface area contributed by atoms with E-state index in [0.29, 0.717) is 6.42 Å². The molecule has 6 heteroatoms. The highest BCUT2D eigenvalue weighted by molar-refractivity contribution is 7.10. The van der Waals surface area contributed by atoms with Crippen molar-refractivity contribution in [2.45, 2.75) is 58.3 Å². The zero-order valence-electron chi connectivity index (χ0n) is 21.2. The number of rotatable bonds is 10. The lowest BCUT2D eigenvalue weighted by molar-refractivity contribution is -0.124. The number of nitrogens with zero attached hydrogens (tertiary/aromatic N) is 1. The summed E-state index contributed by atoms with van der Waals surface area (Å²) in [6, 6.07) is 12.3. The largest absolute Gasteiger partial charge is 0.370 e. The van der Waals surface area contributed by atoms with Crippen LogP contribution in [0.4, 0.5) is 11.5 Å². The predicted molar refractivity (Wildman–Crippen MR) is 149 cm³/mol. The van der Waals surface area contributed by atoms with Gasteiger partial charge >= 0.3 is 0 Å². The maximum atomic E-state index is 13.2. The van der Waals surface area contributed by atoms with Crippen LogP contribution < -0.4 is 16.0 Å². The average molecular weight is 502 g/mol. The maximum Gasteiger partial charge on any atom is 0.224 e. The minimum Gasteiger partial charge on any atom is -0.370 e. The van der Waals surface area contributed by atoms with Gasteiger partial charge in [0.05, 0.1) is 17.7 Å². The third kappa shape index (κ3) is 5.16. The maximum absolute atomic E-state index is 13.2. The summed E-state index contributed by atoms with van der Waals surface area (Å²) < 4.78 is 0. The molecule has 1 aromatic carbocycles. The topological polar surface area (TPSA) is 66.0 Å². The van der Waals surface area contributed by atoms with Gasteiger partial charge in [-0.1, -0.05) is 6.07 Å². The Kier molecular flexibility index (Phi) is 6.74. The Hall–Kier alpha value is -2.44. The molecule has 0 aliphatic heterocycles. The van der Waals surface area contributed by atoms with E-state index in [4.69, 9.17) is 4.98 Å². The first-order valence-electron chi connectivity index (χ1n) is 13.6. The molecule has 7 rings (SSSR count). The fraction of sp³-hybridized carbons (Fsp3) is 0.500. The number of carbonyl (C=O) groups is 1. The Morgan fingerprint density at radius 2 is 1.83 bits per heavy atom. The van der Waals surface area contributed by atoms with E-state index in [1.165, 1.54) is 49.0 Å². The van der Waals surface area contributed by atoms with E-state index in [-0.39, 0.29) is 11.3 Å². The van der Waals surface area contributed by atoms with Gasteiger partial charge in [-0.15, -0.1) is 11.3 Å². The Balaban J connectivity index is 1.02. The van der Waals surface area contributed by atoms with Crippen LogP contribution in [0, 0.1) is 36.6 Å². The zero-order chi connectivity index (χ0) is 24.5. The van der Waals surface area contributed by atoms with Crippen LogP contribution >= 0.6 is 11.3 Å². The van der Waals surface area contributed by atoms with E-state index in [2.05, 4.69) is 46.9 Å². The molecule has 3 aromatic rings. The smallest absolute Gasteiger partial charge is 0.224 e. The van der Waals surface area contributed by atoms with E-state index in [1.54, 1.807) is 11.3 Å². The summed E-state index contributed by atoms with van der Waals surface area (Å²) in [4.78, 5) is 19.3. The highest BCUT2D eigenvalue weighted by Gasteiger charge is 2.51. The minimum atomic E-state index is 0.175. The van der Waals surface area contributed by atoms with Crippen LogP contribution in [0.25, 0.3) is 10.9 Å². The van der Waals surface area contributed by atoms with E-state index in [0.717, 1.165) is 59.7 Å². The van der Waals surface area contributed by atoms with Crippen LogP contribution in [0.1, 0.15) is 61.8 Å². The first-order chi connectivity index (χ1) is 17.6. The van der Waals surface area contributed by atoms with Crippen molar-refractivity contribution >= 4 is 39.7 Å². The summed E-state index contributed by atoms with van der Waals surface area (Å²) >= 11 is 1.76. The lowest BCUT2D eigenvalue weighted by Gasteiger charge is -2.56. The van der Waals surface area contributed by atoms with Crippen molar-refractivity contribution in [3.8, 4) is 0 Å². The van der Waals surface area contributed by atoms with Crippen LogP contribution in [-0.4, -0.2) is 24.0 Å². The van der Waals surface area contributed by atoms with Gasteiger partial charge in [-0.3, -0.25) is 4.79 Å². The van der Waals surface area contributed by atoms with Crippen molar-refractivity contribution in [1.29, 1.82) is 0 Å². The van der Waals surface area contributed by atoms with E-state index >= 15 is 0 Å². The van der Waals surface area contributed by atoms with Crippen LogP contribution in [0.5, 0.6) is 0 Å². The summed E-state index contributed by atoms with van der Waals surface area (Å²) in [5.74, 6) is 3.66. The lowest BCUT2D eigenvalue weighted by Crippen LogP contribution is -2.47. The third-order valence-corrected chi connectivity index (χ3v) is 9.61. The van der Waals surface area contributed by atoms with Crippen LogP contribution in [0.3, 0.4) is 0 Å². The number of pyridine rings is 1. The molecule has 4 aliphatic carbocycles. The normalized spacial score (nSPS) is 26.4. The van der Waals surface area contributed by atoms with E-state index < -0.39 is 0 Å². The lowest BCUT2D eigenvalue weighted by atomic mass is 9.49. The number of aryl methyl sites for hydroxylation is 1. The van der Waals surface area contributed by atoms with Gasteiger partial charge in [0.2, 0.25) is 5.91 Å². The number of anilines is 2.